The quantitative estimate of drug-likeness (QED) is 0.852. The van der Waals surface area contributed by atoms with Gasteiger partial charge in [-0.05, 0) is 43.2 Å². The van der Waals surface area contributed by atoms with Crippen LogP contribution in [0.4, 0.5) is 0 Å². The minimum Gasteiger partial charge on any atom is -0.343 e. The standard InChI is InChI=1S/C19H21BrN2O2/c1-13-7-8-16(14(2)9-13)12-22(3)18(23)11-21-19(24)15-5-4-6-17(20)10-15/h4-10H,11-12H2,1-3H3,(H,21,24). The molecule has 2 aromatic rings. The number of amides is 2. The Hall–Kier alpha value is -2.14. The zero-order chi connectivity index (χ0) is 17.7. The van der Waals surface area contributed by atoms with E-state index in [0.717, 1.165) is 15.6 Å². The zero-order valence-corrected chi connectivity index (χ0v) is 15.7. The number of hydrogen-bond donors (Lipinski definition) is 1. The first-order valence-electron chi connectivity index (χ1n) is 7.70. The van der Waals surface area contributed by atoms with Gasteiger partial charge in [0.15, 0.2) is 0 Å². The van der Waals surface area contributed by atoms with Crippen molar-refractivity contribution in [2.75, 3.05) is 13.6 Å². The second-order valence-electron chi connectivity index (χ2n) is 5.87. The van der Waals surface area contributed by atoms with Crippen molar-refractivity contribution < 1.29 is 9.59 Å². The van der Waals surface area contributed by atoms with Crippen LogP contribution in [0, 0.1) is 13.8 Å². The van der Waals surface area contributed by atoms with Crippen molar-refractivity contribution in [1.29, 1.82) is 0 Å². The van der Waals surface area contributed by atoms with E-state index in [0.29, 0.717) is 12.1 Å². The van der Waals surface area contributed by atoms with Gasteiger partial charge in [0.2, 0.25) is 5.91 Å². The van der Waals surface area contributed by atoms with Crippen LogP contribution in [-0.2, 0) is 11.3 Å². The van der Waals surface area contributed by atoms with E-state index >= 15 is 0 Å². The third-order valence-corrected chi connectivity index (χ3v) is 4.31. The Bertz CT molecular complexity index is 759. The van der Waals surface area contributed by atoms with Gasteiger partial charge in [0.25, 0.3) is 5.91 Å². The monoisotopic (exact) mass is 388 g/mol. The van der Waals surface area contributed by atoms with Crippen LogP contribution >= 0.6 is 15.9 Å². The van der Waals surface area contributed by atoms with Gasteiger partial charge >= 0.3 is 0 Å². The molecule has 0 aliphatic rings. The molecule has 0 saturated carbocycles. The molecule has 0 aromatic heterocycles. The van der Waals surface area contributed by atoms with Crippen LogP contribution in [0.3, 0.4) is 0 Å². The third kappa shape index (κ3) is 4.93. The van der Waals surface area contributed by atoms with Crippen LogP contribution < -0.4 is 5.32 Å². The molecule has 0 atom stereocenters. The molecule has 2 amide bonds. The van der Waals surface area contributed by atoms with Gasteiger partial charge < -0.3 is 10.2 Å². The van der Waals surface area contributed by atoms with Crippen molar-refractivity contribution in [3.8, 4) is 0 Å². The smallest absolute Gasteiger partial charge is 0.251 e. The summed E-state index contributed by atoms with van der Waals surface area (Å²) in [6.45, 7) is 4.59. The molecule has 126 valence electrons. The molecule has 0 spiro atoms. The largest absolute Gasteiger partial charge is 0.343 e. The SMILES string of the molecule is Cc1ccc(CN(C)C(=O)CNC(=O)c2cccc(Br)c2)c(C)c1. The molecular weight excluding hydrogens is 368 g/mol. The maximum atomic E-state index is 12.2. The van der Waals surface area contributed by atoms with Crippen molar-refractivity contribution in [2.45, 2.75) is 20.4 Å². The van der Waals surface area contributed by atoms with Crippen molar-refractivity contribution in [3.05, 3.63) is 69.2 Å². The van der Waals surface area contributed by atoms with E-state index in [1.165, 1.54) is 5.56 Å². The lowest BCUT2D eigenvalue weighted by Gasteiger charge is -2.19. The van der Waals surface area contributed by atoms with Gasteiger partial charge in [-0.2, -0.15) is 0 Å². The molecule has 0 aliphatic carbocycles. The number of halogens is 1. The Morgan fingerprint density at radius 2 is 1.88 bits per heavy atom. The molecule has 2 aromatic carbocycles. The molecule has 0 radical (unpaired) electrons. The third-order valence-electron chi connectivity index (χ3n) is 3.82. The predicted molar refractivity (Wildman–Crippen MR) is 98.9 cm³/mol. The average Bonchev–Trinajstić information content (AvgIpc) is 2.54. The van der Waals surface area contributed by atoms with Crippen LogP contribution in [0.15, 0.2) is 46.9 Å². The minimum absolute atomic E-state index is 0.0211. The fraction of sp³-hybridized carbons (Fsp3) is 0.263. The lowest BCUT2D eigenvalue weighted by molar-refractivity contribution is -0.129. The van der Waals surface area contributed by atoms with Crippen LogP contribution in [0.25, 0.3) is 0 Å². The average molecular weight is 389 g/mol. The summed E-state index contributed by atoms with van der Waals surface area (Å²) in [6, 6.07) is 13.2. The molecule has 4 nitrogen and oxygen atoms in total. The maximum absolute atomic E-state index is 12.2. The number of rotatable bonds is 5. The molecule has 0 unspecified atom stereocenters. The summed E-state index contributed by atoms with van der Waals surface area (Å²) in [5, 5.41) is 2.67. The van der Waals surface area contributed by atoms with Crippen molar-refractivity contribution in [1.82, 2.24) is 10.2 Å². The Morgan fingerprint density at radius 1 is 1.12 bits per heavy atom. The molecule has 0 saturated heterocycles. The molecule has 1 N–H and O–H groups in total. The highest BCUT2D eigenvalue weighted by molar-refractivity contribution is 9.10. The van der Waals surface area contributed by atoms with E-state index in [2.05, 4.69) is 27.3 Å². The first-order valence-corrected chi connectivity index (χ1v) is 8.50. The van der Waals surface area contributed by atoms with E-state index in [1.807, 2.05) is 32.0 Å². The second-order valence-corrected chi connectivity index (χ2v) is 6.79. The molecular formula is C19H21BrN2O2. The highest BCUT2D eigenvalue weighted by atomic mass is 79.9. The summed E-state index contributed by atoms with van der Waals surface area (Å²) < 4.78 is 0.827. The number of benzene rings is 2. The lowest BCUT2D eigenvalue weighted by Crippen LogP contribution is -2.37. The Kier molecular flexibility index (Phi) is 6.15. The Morgan fingerprint density at radius 3 is 2.54 bits per heavy atom. The topological polar surface area (TPSA) is 49.4 Å². The maximum Gasteiger partial charge on any atom is 0.251 e. The van der Waals surface area contributed by atoms with Crippen LogP contribution in [0.1, 0.15) is 27.0 Å². The first-order chi connectivity index (χ1) is 11.4. The number of carbonyl (C=O) groups is 2. The van der Waals surface area contributed by atoms with Gasteiger partial charge in [-0.3, -0.25) is 9.59 Å². The normalized spacial score (nSPS) is 10.3. The van der Waals surface area contributed by atoms with Crippen molar-refractivity contribution >= 4 is 27.7 Å². The number of nitrogens with zero attached hydrogens (tertiary/aromatic N) is 1. The van der Waals surface area contributed by atoms with Gasteiger partial charge in [0.05, 0.1) is 6.54 Å². The van der Waals surface area contributed by atoms with E-state index in [1.54, 1.807) is 30.1 Å². The molecule has 0 bridgehead atoms. The molecule has 24 heavy (non-hydrogen) atoms. The van der Waals surface area contributed by atoms with Crippen LogP contribution in [0.5, 0.6) is 0 Å². The van der Waals surface area contributed by atoms with Crippen LogP contribution in [0.2, 0.25) is 0 Å². The van der Waals surface area contributed by atoms with Crippen molar-refractivity contribution in [3.63, 3.8) is 0 Å². The fourth-order valence-corrected chi connectivity index (χ4v) is 2.79. The van der Waals surface area contributed by atoms with Crippen LogP contribution in [-0.4, -0.2) is 30.3 Å². The first kappa shape index (κ1) is 18.2. The van der Waals surface area contributed by atoms with Gasteiger partial charge in [-0.1, -0.05) is 45.8 Å². The highest BCUT2D eigenvalue weighted by Gasteiger charge is 2.13. The van der Waals surface area contributed by atoms with E-state index in [9.17, 15) is 9.59 Å². The van der Waals surface area contributed by atoms with Gasteiger partial charge in [0, 0.05) is 23.6 Å². The number of carbonyl (C=O) groups excluding carboxylic acids is 2. The molecule has 5 heteroatoms. The predicted octanol–water partition coefficient (Wildman–Crippen LogP) is 3.45. The second kappa shape index (κ2) is 8.11. The number of hydrogen-bond acceptors (Lipinski definition) is 2. The van der Waals surface area contributed by atoms with Gasteiger partial charge in [0.1, 0.15) is 0 Å². The summed E-state index contributed by atoms with van der Waals surface area (Å²) in [5.41, 5.74) is 3.99. The molecule has 0 fully saturated rings. The van der Waals surface area contributed by atoms with Gasteiger partial charge in [-0.25, -0.2) is 0 Å². The highest BCUT2D eigenvalue weighted by Crippen LogP contribution is 2.13. The number of nitrogens with one attached hydrogen (secondary N) is 1. The van der Waals surface area contributed by atoms with Crippen molar-refractivity contribution in [2.24, 2.45) is 0 Å². The molecule has 0 heterocycles. The molecule has 0 aliphatic heterocycles. The zero-order valence-electron chi connectivity index (χ0n) is 14.1. The van der Waals surface area contributed by atoms with E-state index in [4.69, 9.17) is 0 Å². The molecule has 2 rings (SSSR count). The minimum atomic E-state index is -0.260. The summed E-state index contributed by atoms with van der Waals surface area (Å²) in [7, 11) is 1.74. The fourth-order valence-electron chi connectivity index (χ4n) is 2.39. The Balaban J connectivity index is 1.90. The van der Waals surface area contributed by atoms with E-state index < -0.39 is 0 Å². The summed E-state index contributed by atoms with van der Waals surface area (Å²) in [4.78, 5) is 25.9. The number of likely N-dealkylation sites (N-methyl/N-ethyl adjacent to an activating group) is 1. The summed E-state index contributed by atoms with van der Waals surface area (Å²) >= 11 is 3.33. The number of aryl methyl sites for hydroxylation is 2. The summed E-state index contributed by atoms with van der Waals surface area (Å²) in [5.74, 6) is -0.386. The van der Waals surface area contributed by atoms with E-state index in [-0.39, 0.29) is 18.4 Å². The van der Waals surface area contributed by atoms with Gasteiger partial charge in [-0.15, -0.1) is 0 Å². The summed E-state index contributed by atoms with van der Waals surface area (Å²) in [6.07, 6.45) is 0. The lowest BCUT2D eigenvalue weighted by atomic mass is 10.1. The Labute approximate surface area is 151 Å².